The van der Waals surface area contributed by atoms with Crippen LogP contribution in [0.1, 0.15) is 18.4 Å². The molecular weight excluding hydrogens is 216 g/mol. The van der Waals surface area contributed by atoms with Crippen molar-refractivity contribution in [3.8, 4) is 0 Å². The van der Waals surface area contributed by atoms with Gasteiger partial charge in [-0.3, -0.25) is 0 Å². The van der Waals surface area contributed by atoms with Crippen LogP contribution in [0.25, 0.3) is 6.08 Å². The number of benzene rings is 1. The minimum absolute atomic E-state index is 0.0871. The Balaban J connectivity index is 1.75. The van der Waals surface area contributed by atoms with Gasteiger partial charge in [-0.05, 0) is 24.5 Å². The van der Waals surface area contributed by atoms with Gasteiger partial charge in [0.1, 0.15) is 6.61 Å². The molecule has 0 N–H and O–H groups in total. The highest BCUT2D eigenvalue weighted by Gasteiger charge is 2.16. The molecule has 1 atom stereocenters. The number of carbonyl (C=O) groups is 1. The molecule has 2 rings (SSSR count). The first-order chi connectivity index (χ1) is 8.34. The maximum absolute atomic E-state index is 11.4. The van der Waals surface area contributed by atoms with Crippen LogP contribution in [0.4, 0.5) is 0 Å². The first kappa shape index (κ1) is 11.9. The van der Waals surface area contributed by atoms with Crippen LogP contribution in [0.3, 0.4) is 0 Å². The molecule has 0 spiro atoms. The summed E-state index contributed by atoms with van der Waals surface area (Å²) in [5, 5.41) is 0. The van der Waals surface area contributed by atoms with Crippen LogP contribution >= 0.6 is 0 Å². The van der Waals surface area contributed by atoms with E-state index in [4.69, 9.17) is 9.47 Å². The van der Waals surface area contributed by atoms with Gasteiger partial charge in [0.2, 0.25) is 0 Å². The Morgan fingerprint density at radius 3 is 2.94 bits per heavy atom. The van der Waals surface area contributed by atoms with Crippen LogP contribution < -0.4 is 0 Å². The topological polar surface area (TPSA) is 35.5 Å². The van der Waals surface area contributed by atoms with E-state index in [9.17, 15) is 4.79 Å². The van der Waals surface area contributed by atoms with E-state index in [-0.39, 0.29) is 12.1 Å². The molecule has 1 aromatic carbocycles. The second-order valence-electron chi connectivity index (χ2n) is 4.01. The molecule has 3 heteroatoms. The molecule has 0 aliphatic carbocycles. The van der Waals surface area contributed by atoms with E-state index in [0.717, 1.165) is 25.0 Å². The van der Waals surface area contributed by atoms with Crippen LogP contribution in [-0.2, 0) is 14.3 Å². The summed E-state index contributed by atoms with van der Waals surface area (Å²) in [7, 11) is 0. The second kappa shape index (κ2) is 6.21. The minimum atomic E-state index is -0.315. The van der Waals surface area contributed by atoms with E-state index in [2.05, 4.69) is 0 Å². The number of hydrogen-bond donors (Lipinski definition) is 0. The fourth-order valence-electron chi connectivity index (χ4n) is 1.73. The van der Waals surface area contributed by atoms with Crippen molar-refractivity contribution in [2.75, 3.05) is 13.2 Å². The van der Waals surface area contributed by atoms with Gasteiger partial charge in [0.25, 0.3) is 0 Å². The third kappa shape index (κ3) is 4.04. The summed E-state index contributed by atoms with van der Waals surface area (Å²) in [5.41, 5.74) is 0.988. The van der Waals surface area contributed by atoms with E-state index in [0.29, 0.717) is 6.61 Å². The van der Waals surface area contributed by atoms with Crippen molar-refractivity contribution in [3.05, 3.63) is 42.0 Å². The molecule has 0 aromatic heterocycles. The van der Waals surface area contributed by atoms with Crippen molar-refractivity contribution in [2.24, 2.45) is 0 Å². The molecule has 3 nitrogen and oxygen atoms in total. The Kier molecular flexibility index (Phi) is 4.33. The Morgan fingerprint density at radius 2 is 2.24 bits per heavy atom. The Morgan fingerprint density at radius 1 is 1.41 bits per heavy atom. The quantitative estimate of drug-likeness (QED) is 0.590. The minimum Gasteiger partial charge on any atom is -0.460 e. The fraction of sp³-hybridized carbons (Fsp3) is 0.357. The SMILES string of the molecule is O=C(/C=C\c1ccccc1)OC[C@@H]1CCCO1. The van der Waals surface area contributed by atoms with Gasteiger partial charge < -0.3 is 9.47 Å². The lowest BCUT2D eigenvalue weighted by Gasteiger charge is -2.08. The van der Waals surface area contributed by atoms with Crippen molar-refractivity contribution < 1.29 is 14.3 Å². The highest BCUT2D eigenvalue weighted by Crippen LogP contribution is 2.12. The van der Waals surface area contributed by atoms with E-state index < -0.39 is 0 Å². The standard InChI is InChI=1S/C14H16O3/c15-14(17-11-13-7-4-10-16-13)9-8-12-5-2-1-3-6-12/h1-3,5-6,8-9,13H,4,7,10-11H2/b9-8-/t13-/m0/s1. The summed E-state index contributed by atoms with van der Waals surface area (Å²) in [6.45, 7) is 1.14. The summed E-state index contributed by atoms with van der Waals surface area (Å²) in [4.78, 5) is 11.4. The molecule has 1 heterocycles. The lowest BCUT2D eigenvalue weighted by atomic mass is 10.2. The maximum Gasteiger partial charge on any atom is 0.330 e. The zero-order chi connectivity index (χ0) is 11.9. The van der Waals surface area contributed by atoms with E-state index in [1.807, 2.05) is 30.3 Å². The predicted molar refractivity (Wildman–Crippen MR) is 65.4 cm³/mol. The third-order valence-corrected chi connectivity index (χ3v) is 2.65. The van der Waals surface area contributed by atoms with Crippen LogP contribution in [-0.4, -0.2) is 25.3 Å². The zero-order valence-electron chi connectivity index (χ0n) is 9.67. The van der Waals surface area contributed by atoms with E-state index >= 15 is 0 Å². The first-order valence-corrected chi connectivity index (χ1v) is 5.86. The van der Waals surface area contributed by atoms with Gasteiger partial charge in [0.05, 0.1) is 6.10 Å². The average molecular weight is 232 g/mol. The summed E-state index contributed by atoms with van der Waals surface area (Å²) >= 11 is 0. The van der Waals surface area contributed by atoms with Crippen LogP contribution in [0.15, 0.2) is 36.4 Å². The summed E-state index contributed by atoms with van der Waals surface area (Å²) in [6.07, 6.45) is 5.32. The lowest BCUT2D eigenvalue weighted by molar-refractivity contribution is -0.140. The molecular formula is C14H16O3. The van der Waals surface area contributed by atoms with Gasteiger partial charge >= 0.3 is 5.97 Å². The molecule has 1 fully saturated rings. The fourth-order valence-corrected chi connectivity index (χ4v) is 1.73. The molecule has 0 saturated carbocycles. The maximum atomic E-state index is 11.4. The van der Waals surface area contributed by atoms with Crippen molar-refractivity contribution in [3.63, 3.8) is 0 Å². The van der Waals surface area contributed by atoms with Gasteiger partial charge in [0, 0.05) is 12.7 Å². The van der Waals surface area contributed by atoms with Crippen molar-refractivity contribution >= 4 is 12.0 Å². The molecule has 1 aliphatic heterocycles. The van der Waals surface area contributed by atoms with Gasteiger partial charge in [-0.1, -0.05) is 30.3 Å². The molecule has 0 unspecified atom stereocenters. The van der Waals surface area contributed by atoms with Crippen molar-refractivity contribution in [1.82, 2.24) is 0 Å². The molecule has 90 valence electrons. The Hall–Kier alpha value is -1.61. The highest BCUT2D eigenvalue weighted by atomic mass is 16.6. The Bertz CT molecular complexity index is 378. The molecule has 1 aromatic rings. The largest absolute Gasteiger partial charge is 0.460 e. The lowest BCUT2D eigenvalue weighted by Crippen LogP contribution is -2.16. The number of rotatable bonds is 4. The van der Waals surface area contributed by atoms with Crippen molar-refractivity contribution in [1.29, 1.82) is 0 Å². The Labute approximate surface area is 101 Å². The van der Waals surface area contributed by atoms with Crippen LogP contribution in [0.5, 0.6) is 0 Å². The summed E-state index contributed by atoms with van der Waals surface area (Å²) < 4.78 is 10.5. The zero-order valence-corrected chi connectivity index (χ0v) is 9.67. The smallest absolute Gasteiger partial charge is 0.330 e. The molecule has 1 saturated heterocycles. The molecule has 0 amide bonds. The monoisotopic (exact) mass is 232 g/mol. The summed E-state index contributed by atoms with van der Waals surface area (Å²) in [5.74, 6) is -0.315. The van der Waals surface area contributed by atoms with Crippen LogP contribution in [0.2, 0.25) is 0 Å². The molecule has 17 heavy (non-hydrogen) atoms. The van der Waals surface area contributed by atoms with Crippen LogP contribution in [0, 0.1) is 0 Å². The van der Waals surface area contributed by atoms with Gasteiger partial charge in [0.15, 0.2) is 0 Å². The number of esters is 1. The number of hydrogen-bond acceptors (Lipinski definition) is 3. The third-order valence-electron chi connectivity index (χ3n) is 2.65. The number of ether oxygens (including phenoxy) is 2. The highest BCUT2D eigenvalue weighted by molar-refractivity contribution is 5.87. The molecule has 0 bridgehead atoms. The van der Waals surface area contributed by atoms with E-state index in [1.165, 1.54) is 6.08 Å². The first-order valence-electron chi connectivity index (χ1n) is 5.86. The van der Waals surface area contributed by atoms with E-state index in [1.54, 1.807) is 6.08 Å². The van der Waals surface area contributed by atoms with Gasteiger partial charge in [-0.15, -0.1) is 0 Å². The normalized spacial score (nSPS) is 19.6. The van der Waals surface area contributed by atoms with Gasteiger partial charge in [-0.25, -0.2) is 4.79 Å². The predicted octanol–water partition coefficient (Wildman–Crippen LogP) is 2.42. The molecule has 0 radical (unpaired) electrons. The number of carbonyl (C=O) groups excluding carboxylic acids is 1. The second-order valence-corrected chi connectivity index (χ2v) is 4.01. The van der Waals surface area contributed by atoms with Crippen molar-refractivity contribution in [2.45, 2.75) is 18.9 Å². The molecule has 1 aliphatic rings. The summed E-state index contributed by atoms with van der Waals surface area (Å²) in [6, 6.07) is 9.66. The van der Waals surface area contributed by atoms with Gasteiger partial charge in [-0.2, -0.15) is 0 Å². The average Bonchev–Trinajstić information content (AvgIpc) is 2.88.